The van der Waals surface area contributed by atoms with E-state index >= 15 is 0 Å². The fraction of sp³-hybridized carbons (Fsp3) is 0.182. The zero-order chi connectivity index (χ0) is 19.5. The van der Waals surface area contributed by atoms with Crippen molar-refractivity contribution in [3.8, 4) is 11.5 Å². The van der Waals surface area contributed by atoms with E-state index < -0.39 is 0 Å². The second kappa shape index (κ2) is 7.60. The van der Waals surface area contributed by atoms with E-state index in [4.69, 9.17) is 9.47 Å². The van der Waals surface area contributed by atoms with E-state index in [1.54, 1.807) is 30.5 Å². The molecule has 28 heavy (non-hydrogen) atoms. The van der Waals surface area contributed by atoms with Gasteiger partial charge in [-0.3, -0.25) is 4.79 Å². The monoisotopic (exact) mass is 375 g/mol. The molecule has 1 amide bonds. The maximum absolute atomic E-state index is 12.5. The van der Waals surface area contributed by atoms with E-state index in [1.165, 1.54) is 11.1 Å². The Kier molecular flexibility index (Phi) is 4.85. The van der Waals surface area contributed by atoms with Crippen LogP contribution in [-0.2, 0) is 6.42 Å². The molecule has 0 saturated heterocycles. The van der Waals surface area contributed by atoms with Gasteiger partial charge in [0.25, 0.3) is 5.91 Å². The zero-order valence-electron chi connectivity index (χ0n) is 15.8. The SMILES string of the molecule is CCc1cccc(C)c1Nc1ccc(C(=O)Nc2ccc3c(c2)OCO3)nc1. The van der Waals surface area contributed by atoms with Gasteiger partial charge < -0.3 is 20.1 Å². The number of pyridine rings is 1. The molecule has 0 bridgehead atoms. The third-order valence-electron chi connectivity index (χ3n) is 4.64. The van der Waals surface area contributed by atoms with Gasteiger partial charge in [-0.25, -0.2) is 4.98 Å². The second-order valence-electron chi connectivity index (χ2n) is 6.54. The van der Waals surface area contributed by atoms with Crippen molar-refractivity contribution < 1.29 is 14.3 Å². The average molecular weight is 375 g/mol. The van der Waals surface area contributed by atoms with Gasteiger partial charge in [0, 0.05) is 17.4 Å². The molecule has 2 heterocycles. The zero-order valence-corrected chi connectivity index (χ0v) is 15.8. The van der Waals surface area contributed by atoms with Crippen molar-refractivity contribution >= 4 is 23.0 Å². The predicted octanol–water partition coefficient (Wildman–Crippen LogP) is 4.68. The van der Waals surface area contributed by atoms with Crippen LogP contribution in [0.15, 0.2) is 54.7 Å². The Labute approximate surface area is 163 Å². The van der Waals surface area contributed by atoms with E-state index in [1.807, 2.05) is 6.07 Å². The van der Waals surface area contributed by atoms with Gasteiger partial charge in [-0.05, 0) is 48.7 Å². The van der Waals surface area contributed by atoms with Crippen LogP contribution in [-0.4, -0.2) is 17.7 Å². The van der Waals surface area contributed by atoms with E-state index in [0.29, 0.717) is 22.9 Å². The Hall–Kier alpha value is -3.54. The minimum Gasteiger partial charge on any atom is -0.454 e. The van der Waals surface area contributed by atoms with Crippen LogP contribution in [0.4, 0.5) is 17.1 Å². The normalized spacial score (nSPS) is 11.9. The molecular weight excluding hydrogens is 354 g/mol. The lowest BCUT2D eigenvalue weighted by Crippen LogP contribution is -2.13. The van der Waals surface area contributed by atoms with E-state index in [-0.39, 0.29) is 12.7 Å². The molecule has 0 aliphatic carbocycles. The first-order chi connectivity index (χ1) is 13.6. The minimum absolute atomic E-state index is 0.198. The molecule has 2 N–H and O–H groups in total. The number of amides is 1. The highest BCUT2D eigenvalue weighted by molar-refractivity contribution is 6.03. The summed E-state index contributed by atoms with van der Waals surface area (Å²) in [5.74, 6) is 1.01. The number of fused-ring (bicyclic) bond motifs is 1. The number of carbonyl (C=O) groups excluding carboxylic acids is 1. The predicted molar refractivity (Wildman–Crippen MR) is 109 cm³/mol. The fourth-order valence-corrected chi connectivity index (χ4v) is 3.12. The number of aryl methyl sites for hydroxylation is 2. The van der Waals surface area contributed by atoms with Crippen molar-refractivity contribution in [1.29, 1.82) is 0 Å². The third kappa shape index (κ3) is 3.62. The molecule has 6 heteroatoms. The molecule has 0 unspecified atom stereocenters. The summed E-state index contributed by atoms with van der Waals surface area (Å²) in [4.78, 5) is 16.8. The molecule has 4 rings (SSSR count). The highest BCUT2D eigenvalue weighted by Crippen LogP contribution is 2.34. The standard InChI is InChI=1S/C22H21N3O3/c1-3-15-6-4-5-14(2)21(15)24-17-7-9-18(23-12-17)22(26)25-16-8-10-19-20(11-16)28-13-27-19/h4-12,24H,3,13H2,1-2H3,(H,25,26). The molecule has 0 fully saturated rings. The number of rotatable bonds is 5. The van der Waals surface area contributed by atoms with Gasteiger partial charge in [0.2, 0.25) is 6.79 Å². The smallest absolute Gasteiger partial charge is 0.274 e. The molecule has 0 atom stereocenters. The molecule has 142 valence electrons. The quantitative estimate of drug-likeness (QED) is 0.678. The number of nitrogens with one attached hydrogen (secondary N) is 2. The van der Waals surface area contributed by atoms with Crippen LogP contribution in [0, 0.1) is 6.92 Å². The molecule has 1 aromatic heterocycles. The summed E-state index contributed by atoms with van der Waals surface area (Å²) < 4.78 is 10.6. The van der Waals surface area contributed by atoms with E-state index in [2.05, 4.69) is 47.7 Å². The maximum atomic E-state index is 12.5. The molecule has 0 saturated carbocycles. The van der Waals surface area contributed by atoms with Crippen molar-refractivity contribution in [1.82, 2.24) is 4.98 Å². The Morgan fingerprint density at radius 2 is 1.89 bits per heavy atom. The number of para-hydroxylation sites is 1. The number of carbonyl (C=O) groups is 1. The number of ether oxygens (including phenoxy) is 2. The van der Waals surface area contributed by atoms with Crippen LogP contribution in [0.5, 0.6) is 11.5 Å². The summed E-state index contributed by atoms with van der Waals surface area (Å²) in [7, 11) is 0. The summed E-state index contributed by atoms with van der Waals surface area (Å²) >= 11 is 0. The lowest BCUT2D eigenvalue weighted by Gasteiger charge is -2.14. The van der Waals surface area contributed by atoms with Crippen molar-refractivity contribution in [2.24, 2.45) is 0 Å². The van der Waals surface area contributed by atoms with Gasteiger partial charge in [0.05, 0.1) is 11.9 Å². The highest BCUT2D eigenvalue weighted by atomic mass is 16.7. The van der Waals surface area contributed by atoms with Gasteiger partial charge in [0.1, 0.15) is 5.69 Å². The number of aromatic nitrogens is 1. The summed E-state index contributed by atoms with van der Waals surface area (Å²) in [6.07, 6.45) is 2.61. The largest absolute Gasteiger partial charge is 0.454 e. The summed E-state index contributed by atoms with van der Waals surface area (Å²) in [6, 6.07) is 15.1. The number of nitrogens with zero attached hydrogens (tertiary/aromatic N) is 1. The van der Waals surface area contributed by atoms with Gasteiger partial charge in [0.15, 0.2) is 11.5 Å². The van der Waals surface area contributed by atoms with Gasteiger partial charge in [-0.15, -0.1) is 0 Å². The third-order valence-corrected chi connectivity index (χ3v) is 4.64. The molecule has 1 aliphatic heterocycles. The lowest BCUT2D eigenvalue weighted by atomic mass is 10.1. The highest BCUT2D eigenvalue weighted by Gasteiger charge is 2.15. The summed E-state index contributed by atoms with van der Waals surface area (Å²) in [6.45, 7) is 4.40. The number of hydrogen-bond acceptors (Lipinski definition) is 5. The molecule has 2 aromatic carbocycles. The molecule has 0 radical (unpaired) electrons. The first-order valence-electron chi connectivity index (χ1n) is 9.16. The Balaban J connectivity index is 1.46. The van der Waals surface area contributed by atoms with E-state index in [0.717, 1.165) is 17.8 Å². The van der Waals surface area contributed by atoms with Crippen LogP contribution in [0.3, 0.4) is 0 Å². The van der Waals surface area contributed by atoms with Crippen LogP contribution in [0.1, 0.15) is 28.5 Å². The Bertz CT molecular complexity index is 1020. The van der Waals surface area contributed by atoms with Crippen LogP contribution in [0.25, 0.3) is 0 Å². The van der Waals surface area contributed by atoms with E-state index in [9.17, 15) is 4.79 Å². The number of benzene rings is 2. The molecule has 1 aliphatic rings. The van der Waals surface area contributed by atoms with Gasteiger partial charge in [-0.2, -0.15) is 0 Å². The van der Waals surface area contributed by atoms with Crippen LogP contribution >= 0.6 is 0 Å². The van der Waals surface area contributed by atoms with Crippen LogP contribution in [0.2, 0.25) is 0 Å². The number of anilines is 3. The molecular formula is C22H21N3O3. The van der Waals surface area contributed by atoms with Crippen molar-refractivity contribution in [2.45, 2.75) is 20.3 Å². The van der Waals surface area contributed by atoms with Gasteiger partial charge in [-0.1, -0.05) is 25.1 Å². The topological polar surface area (TPSA) is 72.5 Å². The first-order valence-corrected chi connectivity index (χ1v) is 9.16. The van der Waals surface area contributed by atoms with Crippen molar-refractivity contribution in [2.75, 3.05) is 17.4 Å². The van der Waals surface area contributed by atoms with Crippen LogP contribution < -0.4 is 20.1 Å². The second-order valence-corrected chi connectivity index (χ2v) is 6.54. The summed E-state index contributed by atoms with van der Waals surface area (Å²) in [5, 5.41) is 6.24. The van der Waals surface area contributed by atoms with Crippen molar-refractivity contribution in [3.05, 3.63) is 71.5 Å². The molecule has 6 nitrogen and oxygen atoms in total. The molecule has 0 spiro atoms. The van der Waals surface area contributed by atoms with Gasteiger partial charge >= 0.3 is 0 Å². The minimum atomic E-state index is -0.282. The van der Waals surface area contributed by atoms with Crippen molar-refractivity contribution in [3.63, 3.8) is 0 Å². The maximum Gasteiger partial charge on any atom is 0.274 e. The molecule has 3 aromatic rings. The number of hydrogen-bond donors (Lipinski definition) is 2. The fourth-order valence-electron chi connectivity index (χ4n) is 3.12. The Morgan fingerprint density at radius 3 is 2.68 bits per heavy atom. The Morgan fingerprint density at radius 1 is 1.07 bits per heavy atom. The average Bonchev–Trinajstić information content (AvgIpc) is 3.18. The first kappa shape index (κ1) is 17.9. The lowest BCUT2D eigenvalue weighted by molar-refractivity contribution is 0.102. The summed E-state index contributed by atoms with van der Waals surface area (Å²) in [5.41, 5.74) is 5.30.